The van der Waals surface area contributed by atoms with E-state index >= 15 is 0 Å². The molecule has 0 radical (unpaired) electrons. The van der Waals surface area contributed by atoms with Crippen LogP contribution in [0.5, 0.6) is 0 Å². The van der Waals surface area contributed by atoms with Crippen molar-refractivity contribution in [3.63, 3.8) is 0 Å². The van der Waals surface area contributed by atoms with E-state index in [2.05, 4.69) is 29.3 Å². The van der Waals surface area contributed by atoms with Crippen molar-refractivity contribution in [2.75, 3.05) is 39.5 Å². The first kappa shape index (κ1) is 14.9. The van der Waals surface area contributed by atoms with Gasteiger partial charge in [-0.15, -0.1) is 0 Å². The van der Waals surface area contributed by atoms with Crippen LogP contribution in [-0.2, 0) is 11.2 Å². The van der Waals surface area contributed by atoms with E-state index in [4.69, 9.17) is 0 Å². The Balaban J connectivity index is 2.04. The SMILES string of the molecule is CC1Nc2ccccc2CC1C(=O)N(C)CCN(C)C. The summed E-state index contributed by atoms with van der Waals surface area (Å²) in [5, 5.41) is 3.45. The molecule has 1 aromatic rings. The number of carbonyl (C=O) groups is 1. The molecule has 1 amide bonds. The Morgan fingerprint density at radius 1 is 1.25 bits per heavy atom. The second-order valence-electron chi connectivity index (χ2n) is 5.96. The third kappa shape index (κ3) is 3.31. The van der Waals surface area contributed by atoms with Crippen LogP contribution in [0.2, 0.25) is 0 Å². The van der Waals surface area contributed by atoms with E-state index < -0.39 is 0 Å². The van der Waals surface area contributed by atoms with E-state index in [0.29, 0.717) is 0 Å². The minimum absolute atomic E-state index is 0.0251. The summed E-state index contributed by atoms with van der Waals surface area (Å²) in [5.41, 5.74) is 2.41. The van der Waals surface area contributed by atoms with Gasteiger partial charge in [0.2, 0.25) is 5.91 Å². The number of anilines is 1. The third-order valence-corrected chi connectivity index (χ3v) is 4.02. The average molecular weight is 275 g/mol. The van der Waals surface area contributed by atoms with Crippen molar-refractivity contribution in [3.8, 4) is 0 Å². The van der Waals surface area contributed by atoms with Gasteiger partial charge in [-0.3, -0.25) is 4.79 Å². The van der Waals surface area contributed by atoms with E-state index in [9.17, 15) is 4.79 Å². The van der Waals surface area contributed by atoms with Gasteiger partial charge in [-0.05, 0) is 39.1 Å². The summed E-state index contributed by atoms with van der Waals surface area (Å²) < 4.78 is 0. The second kappa shape index (κ2) is 6.27. The summed E-state index contributed by atoms with van der Waals surface area (Å²) in [7, 11) is 5.96. The second-order valence-corrected chi connectivity index (χ2v) is 5.96. The van der Waals surface area contributed by atoms with Gasteiger partial charge in [-0.1, -0.05) is 18.2 Å². The van der Waals surface area contributed by atoms with Gasteiger partial charge in [0.25, 0.3) is 0 Å². The zero-order valence-electron chi connectivity index (χ0n) is 12.9. The van der Waals surface area contributed by atoms with Crippen molar-refractivity contribution in [3.05, 3.63) is 29.8 Å². The largest absolute Gasteiger partial charge is 0.382 e. The third-order valence-electron chi connectivity index (χ3n) is 4.02. The maximum atomic E-state index is 12.6. The Morgan fingerprint density at radius 3 is 2.65 bits per heavy atom. The van der Waals surface area contributed by atoms with Gasteiger partial charge in [-0.25, -0.2) is 0 Å². The minimum Gasteiger partial charge on any atom is -0.382 e. The van der Waals surface area contributed by atoms with Gasteiger partial charge in [0.1, 0.15) is 0 Å². The summed E-state index contributed by atoms with van der Waals surface area (Å²) in [6.45, 7) is 3.77. The number of para-hydroxylation sites is 1. The van der Waals surface area contributed by atoms with Crippen LogP contribution < -0.4 is 5.32 Å². The molecular weight excluding hydrogens is 250 g/mol. The van der Waals surface area contributed by atoms with Gasteiger partial charge >= 0.3 is 0 Å². The normalized spacial score (nSPS) is 21.2. The number of hydrogen-bond acceptors (Lipinski definition) is 3. The highest BCUT2D eigenvalue weighted by Gasteiger charge is 2.32. The monoisotopic (exact) mass is 275 g/mol. The zero-order valence-corrected chi connectivity index (χ0v) is 12.9. The number of nitrogens with one attached hydrogen (secondary N) is 1. The molecular formula is C16H25N3O. The molecule has 2 atom stereocenters. The van der Waals surface area contributed by atoms with Crippen LogP contribution in [-0.4, -0.2) is 56.0 Å². The number of benzene rings is 1. The molecule has 1 N–H and O–H groups in total. The van der Waals surface area contributed by atoms with Crippen LogP contribution in [0.25, 0.3) is 0 Å². The van der Waals surface area contributed by atoms with Gasteiger partial charge < -0.3 is 15.1 Å². The molecule has 0 bridgehead atoms. The highest BCUT2D eigenvalue weighted by Crippen LogP contribution is 2.29. The lowest BCUT2D eigenvalue weighted by Gasteiger charge is -2.34. The number of rotatable bonds is 4. The van der Waals surface area contributed by atoms with Crippen LogP contribution in [0.4, 0.5) is 5.69 Å². The molecule has 0 saturated heterocycles. The Morgan fingerprint density at radius 2 is 1.95 bits per heavy atom. The topological polar surface area (TPSA) is 35.6 Å². The summed E-state index contributed by atoms with van der Waals surface area (Å²) in [6, 6.07) is 8.44. The van der Waals surface area contributed by atoms with Gasteiger partial charge in [0.15, 0.2) is 0 Å². The van der Waals surface area contributed by atoms with Crippen molar-refractivity contribution in [2.45, 2.75) is 19.4 Å². The first-order valence-corrected chi connectivity index (χ1v) is 7.23. The lowest BCUT2D eigenvalue weighted by atomic mass is 9.87. The minimum atomic E-state index is 0.0251. The van der Waals surface area contributed by atoms with Gasteiger partial charge in [0.05, 0.1) is 5.92 Å². The Kier molecular flexibility index (Phi) is 4.65. The molecule has 1 heterocycles. The molecule has 4 heteroatoms. The maximum absolute atomic E-state index is 12.6. The molecule has 1 aliphatic heterocycles. The quantitative estimate of drug-likeness (QED) is 0.908. The van der Waals surface area contributed by atoms with E-state index in [1.807, 2.05) is 38.2 Å². The zero-order chi connectivity index (χ0) is 14.7. The molecule has 0 saturated carbocycles. The molecule has 2 rings (SSSR count). The van der Waals surface area contributed by atoms with E-state index in [1.54, 1.807) is 0 Å². The Bertz CT molecular complexity index is 473. The molecule has 2 unspecified atom stereocenters. The highest BCUT2D eigenvalue weighted by atomic mass is 16.2. The fourth-order valence-corrected chi connectivity index (χ4v) is 2.64. The van der Waals surface area contributed by atoms with Crippen molar-refractivity contribution in [2.24, 2.45) is 5.92 Å². The predicted octanol–water partition coefficient (Wildman–Crippen LogP) is 1.68. The number of carbonyl (C=O) groups excluding carboxylic acids is 1. The molecule has 0 aromatic heterocycles. The van der Waals surface area contributed by atoms with Gasteiger partial charge in [0, 0.05) is 31.9 Å². The average Bonchev–Trinajstić information content (AvgIpc) is 2.43. The molecule has 20 heavy (non-hydrogen) atoms. The summed E-state index contributed by atoms with van der Waals surface area (Å²) >= 11 is 0. The van der Waals surface area contributed by atoms with Gasteiger partial charge in [-0.2, -0.15) is 0 Å². The summed E-state index contributed by atoms with van der Waals surface area (Å²) in [4.78, 5) is 16.6. The molecule has 4 nitrogen and oxygen atoms in total. The summed E-state index contributed by atoms with van der Waals surface area (Å²) in [6.07, 6.45) is 0.829. The molecule has 1 aromatic carbocycles. The van der Waals surface area contributed by atoms with Crippen LogP contribution in [0, 0.1) is 5.92 Å². The van der Waals surface area contributed by atoms with Crippen LogP contribution in [0.3, 0.4) is 0 Å². The van der Waals surface area contributed by atoms with Crippen LogP contribution in [0.1, 0.15) is 12.5 Å². The van der Waals surface area contributed by atoms with Crippen molar-refractivity contribution >= 4 is 11.6 Å². The molecule has 0 spiro atoms. The lowest BCUT2D eigenvalue weighted by Crippen LogP contribution is -2.45. The number of nitrogens with zero attached hydrogens (tertiary/aromatic N) is 2. The number of amides is 1. The molecule has 0 fully saturated rings. The fourth-order valence-electron chi connectivity index (χ4n) is 2.64. The van der Waals surface area contributed by atoms with E-state index in [0.717, 1.165) is 19.5 Å². The number of hydrogen-bond donors (Lipinski definition) is 1. The van der Waals surface area contributed by atoms with Crippen LogP contribution in [0.15, 0.2) is 24.3 Å². The van der Waals surface area contributed by atoms with E-state index in [1.165, 1.54) is 11.3 Å². The highest BCUT2D eigenvalue weighted by molar-refractivity contribution is 5.81. The van der Waals surface area contributed by atoms with Crippen molar-refractivity contribution in [1.82, 2.24) is 9.80 Å². The molecule has 1 aliphatic rings. The van der Waals surface area contributed by atoms with E-state index in [-0.39, 0.29) is 17.9 Å². The molecule has 0 aliphatic carbocycles. The van der Waals surface area contributed by atoms with Crippen molar-refractivity contribution < 1.29 is 4.79 Å². The maximum Gasteiger partial charge on any atom is 0.227 e. The molecule has 110 valence electrons. The number of likely N-dealkylation sites (N-methyl/N-ethyl adjacent to an activating group) is 2. The first-order valence-electron chi connectivity index (χ1n) is 7.23. The predicted molar refractivity (Wildman–Crippen MR) is 82.9 cm³/mol. The fraction of sp³-hybridized carbons (Fsp3) is 0.562. The smallest absolute Gasteiger partial charge is 0.227 e. The summed E-state index contributed by atoms with van der Waals surface area (Å²) in [5.74, 6) is 0.262. The first-order chi connectivity index (χ1) is 9.49. The number of fused-ring (bicyclic) bond motifs is 1. The Labute approximate surface area is 121 Å². The van der Waals surface area contributed by atoms with Crippen LogP contribution >= 0.6 is 0 Å². The lowest BCUT2D eigenvalue weighted by molar-refractivity contribution is -0.134. The van der Waals surface area contributed by atoms with Crippen molar-refractivity contribution in [1.29, 1.82) is 0 Å². The standard InChI is InChI=1S/C16H25N3O/c1-12-14(16(20)19(4)10-9-18(2)3)11-13-7-5-6-8-15(13)17-12/h5-8,12,14,17H,9-11H2,1-4H3. The Hall–Kier alpha value is -1.55.